The van der Waals surface area contributed by atoms with Gasteiger partial charge in [0.2, 0.25) is 5.91 Å². The minimum absolute atomic E-state index is 0.0520. The first-order valence-corrected chi connectivity index (χ1v) is 7.51. The van der Waals surface area contributed by atoms with Gasteiger partial charge in [-0.2, -0.15) is 0 Å². The molecule has 0 bridgehead atoms. The molecule has 0 saturated carbocycles. The number of carbonyl (C=O) groups excluding carboxylic acids is 1. The van der Waals surface area contributed by atoms with Crippen molar-refractivity contribution in [3.63, 3.8) is 0 Å². The third-order valence-corrected chi connectivity index (χ3v) is 4.74. The number of rotatable bonds is 2. The Morgan fingerprint density at radius 2 is 2.22 bits per heavy atom. The first-order chi connectivity index (χ1) is 8.52. The second kappa shape index (κ2) is 5.41. The summed E-state index contributed by atoms with van der Waals surface area (Å²) >= 11 is 1.72. The largest absolute Gasteiger partial charge is 0.331 e. The Labute approximate surface area is 113 Å². The van der Waals surface area contributed by atoms with Crippen LogP contribution >= 0.6 is 11.3 Å². The van der Waals surface area contributed by atoms with Gasteiger partial charge in [-0.15, -0.1) is 11.3 Å². The van der Waals surface area contributed by atoms with Gasteiger partial charge in [-0.1, -0.05) is 0 Å². The number of nitrogens with zero attached hydrogens (tertiary/aromatic N) is 1. The van der Waals surface area contributed by atoms with E-state index in [1.807, 2.05) is 4.90 Å². The number of nitrogens with two attached hydrogens (primary N) is 1. The fraction of sp³-hybridized carbons (Fsp3) is 0.643. The van der Waals surface area contributed by atoms with Crippen LogP contribution in [-0.2, 0) is 4.79 Å². The zero-order valence-electron chi connectivity index (χ0n) is 11.3. The Balaban J connectivity index is 2.42. The average Bonchev–Trinajstić information content (AvgIpc) is 2.64. The highest BCUT2D eigenvalue weighted by atomic mass is 32.1. The predicted molar refractivity (Wildman–Crippen MR) is 75.6 cm³/mol. The maximum atomic E-state index is 12.3. The lowest BCUT2D eigenvalue weighted by atomic mass is 9.99. The zero-order chi connectivity index (χ0) is 13.3. The topological polar surface area (TPSA) is 46.3 Å². The average molecular weight is 266 g/mol. The summed E-state index contributed by atoms with van der Waals surface area (Å²) in [6.07, 6.45) is 2.47. The highest BCUT2D eigenvalue weighted by Gasteiger charge is 2.35. The van der Waals surface area contributed by atoms with Crippen LogP contribution < -0.4 is 5.73 Å². The summed E-state index contributed by atoms with van der Waals surface area (Å²) in [4.78, 5) is 15.5. The number of thiophene rings is 1. The molecule has 1 fully saturated rings. The van der Waals surface area contributed by atoms with Gasteiger partial charge in [0.1, 0.15) is 0 Å². The molecule has 2 unspecified atom stereocenters. The summed E-state index contributed by atoms with van der Waals surface area (Å²) in [5.41, 5.74) is 7.59. The molecule has 2 heterocycles. The minimum atomic E-state index is 0.0520. The number of amides is 1. The van der Waals surface area contributed by atoms with Crippen molar-refractivity contribution in [1.29, 1.82) is 0 Å². The summed E-state index contributed by atoms with van der Waals surface area (Å²) < 4.78 is 0. The number of aryl methyl sites for hydroxylation is 1. The molecule has 0 aromatic carbocycles. The molecule has 2 atom stereocenters. The van der Waals surface area contributed by atoms with Crippen molar-refractivity contribution in [3.05, 3.63) is 21.9 Å². The van der Waals surface area contributed by atoms with Crippen molar-refractivity contribution in [2.24, 2.45) is 5.73 Å². The zero-order valence-corrected chi connectivity index (χ0v) is 12.2. The van der Waals surface area contributed by atoms with Gasteiger partial charge < -0.3 is 10.6 Å². The molecule has 0 radical (unpaired) electrons. The van der Waals surface area contributed by atoms with Crippen LogP contribution in [-0.4, -0.2) is 22.9 Å². The number of hydrogen-bond acceptors (Lipinski definition) is 3. The van der Waals surface area contributed by atoms with E-state index in [2.05, 4.69) is 32.2 Å². The van der Waals surface area contributed by atoms with E-state index in [0.717, 1.165) is 12.8 Å². The molecular weight excluding hydrogens is 244 g/mol. The fourth-order valence-electron chi connectivity index (χ4n) is 2.75. The van der Waals surface area contributed by atoms with Gasteiger partial charge in [-0.3, -0.25) is 4.79 Å². The Hall–Kier alpha value is -0.870. The second-order valence-electron chi connectivity index (χ2n) is 5.36. The van der Waals surface area contributed by atoms with Gasteiger partial charge in [0, 0.05) is 23.4 Å². The smallest absolute Gasteiger partial charge is 0.223 e. The standard InChI is InChI=1S/C14H22N2OS/c1-9(2)16-12(17)6-4-5-11(15)13(16)14-10(3)7-8-18-14/h7-9,11,13H,4-6,15H2,1-3H3. The summed E-state index contributed by atoms with van der Waals surface area (Å²) in [6, 6.07) is 2.42. The first kappa shape index (κ1) is 13.6. The third-order valence-electron chi connectivity index (χ3n) is 3.65. The van der Waals surface area contributed by atoms with Gasteiger partial charge in [-0.05, 0) is 50.6 Å². The summed E-state index contributed by atoms with van der Waals surface area (Å²) in [7, 11) is 0. The van der Waals surface area contributed by atoms with E-state index in [4.69, 9.17) is 5.73 Å². The van der Waals surface area contributed by atoms with Crippen LogP contribution in [0, 0.1) is 6.92 Å². The van der Waals surface area contributed by atoms with Gasteiger partial charge >= 0.3 is 0 Å². The molecule has 4 heteroatoms. The number of hydrogen-bond donors (Lipinski definition) is 1. The van der Waals surface area contributed by atoms with Gasteiger partial charge in [0.15, 0.2) is 0 Å². The normalized spacial score (nSPS) is 25.6. The Kier molecular flexibility index (Phi) is 4.07. The van der Waals surface area contributed by atoms with Gasteiger partial charge in [0.05, 0.1) is 6.04 Å². The van der Waals surface area contributed by atoms with Crippen LogP contribution in [0.1, 0.15) is 49.6 Å². The molecule has 1 aliphatic heterocycles. The molecule has 1 saturated heterocycles. The summed E-state index contributed by atoms with van der Waals surface area (Å²) in [5.74, 6) is 0.246. The molecule has 1 aliphatic rings. The molecule has 0 spiro atoms. The maximum absolute atomic E-state index is 12.3. The summed E-state index contributed by atoms with van der Waals surface area (Å²) in [5, 5.41) is 2.09. The highest BCUT2D eigenvalue weighted by Crippen LogP contribution is 2.36. The molecular formula is C14H22N2OS. The van der Waals surface area contributed by atoms with E-state index in [-0.39, 0.29) is 24.0 Å². The van der Waals surface area contributed by atoms with Crippen LogP contribution in [0.15, 0.2) is 11.4 Å². The molecule has 1 aromatic rings. The van der Waals surface area contributed by atoms with Crippen molar-refractivity contribution >= 4 is 17.2 Å². The third kappa shape index (κ3) is 2.45. The van der Waals surface area contributed by atoms with E-state index in [1.165, 1.54) is 10.4 Å². The maximum Gasteiger partial charge on any atom is 0.223 e. The van der Waals surface area contributed by atoms with E-state index in [9.17, 15) is 4.79 Å². The molecule has 1 amide bonds. The molecule has 2 N–H and O–H groups in total. The molecule has 0 aliphatic carbocycles. The lowest BCUT2D eigenvalue weighted by Gasteiger charge is -2.36. The molecule has 100 valence electrons. The lowest BCUT2D eigenvalue weighted by molar-refractivity contribution is -0.135. The van der Waals surface area contributed by atoms with Crippen LogP contribution in [0.5, 0.6) is 0 Å². The SMILES string of the molecule is Cc1ccsc1C1C(N)CCCC(=O)N1C(C)C. The lowest BCUT2D eigenvalue weighted by Crippen LogP contribution is -2.45. The van der Waals surface area contributed by atoms with Crippen molar-refractivity contribution in [1.82, 2.24) is 4.90 Å². The van der Waals surface area contributed by atoms with E-state index >= 15 is 0 Å². The highest BCUT2D eigenvalue weighted by molar-refractivity contribution is 7.10. The van der Waals surface area contributed by atoms with Crippen molar-refractivity contribution in [2.75, 3.05) is 0 Å². The van der Waals surface area contributed by atoms with Gasteiger partial charge in [-0.25, -0.2) is 0 Å². The van der Waals surface area contributed by atoms with Crippen LogP contribution in [0.3, 0.4) is 0 Å². The van der Waals surface area contributed by atoms with E-state index in [0.29, 0.717) is 6.42 Å². The van der Waals surface area contributed by atoms with Crippen molar-refractivity contribution in [2.45, 2.75) is 58.2 Å². The monoisotopic (exact) mass is 266 g/mol. The molecule has 18 heavy (non-hydrogen) atoms. The summed E-state index contributed by atoms with van der Waals surface area (Å²) in [6.45, 7) is 6.25. The number of likely N-dealkylation sites (tertiary alicyclic amines) is 1. The van der Waals surface area contributed by atoms with Crippen molar-refractivity contribution in [3.8, 4) is 0 Å². The number of carbonyl (C=O) groups is 1. The molecule has 1 aromatic heterocycles. The van der Waals surface area contributed by atoms with Crippen molar-refractivity contribution < 1.29 is 4.79 Å². The Bertz CT molecular complexity index is 427. The van der Waals surface area contributed by atoms with Crippen LogP contribution in [0.2, 0.25) is 0 Å². The second-order valence-corrected chi connectivity index (χ2v) is 6.31. The van der Waals surface area contributed by atoms with E-state index < -0.39 is 0 Å². The minimum Gasteiger partial charge on any atom is -0.331 e. The predicted octanol–water partition coefficient (Wildman–Crippen LogP) is 2.85. The van der Waals surface area contributed by atoms with E-state index in [1.54, 1.807) is 11.3 Å². The first-order valence-electron chi connectivity index (χ1n) is 6.63. The Morgan fingerprint density at radius 1 is 1.50 bits per heavy atom. The fourth-order valence-corrected chi connectivity index (χ4v) is 3.86. The van der Waals surface area contributed by atoms with Crippen LogP contribution in [0.25, 0.3) is 0 Å². The molecule has 2 rings (SSSR count). The van der Waals surface area contributed by atoms with Gasteiger partial charge in [0.25, 0.3) is 0 Å². The molecule has 3 nitrogen and oxygen atoms in total. The quantitative estimate of drug-likeness (QED) is 0.894. The van der Waals surface area contributed by atoms with Crippen LogP contribution in [0.4, 0.5) is 0 Å². The Morgan fingerprint density at radius 3 is 2.78 bits per heavy atom.